The van der Waals surface area contributed by atoms with E-state index in [1.54, 1.807) is 48.5 Å². The Morgan fingerprint density at radius 2 is 1.39 bits per heavy atom. The number of hydrogen-bond acceptors (Lipinski definition) is 2. The molecule has 0 N–H and O–H groups in total. The van der Waals surface area contributed by atoms with Gasteiger partial charge in [-0.05, 0) is 17.7 Å². The third-order valence-electron chi connectivity index (χ3n) is 2.50. The van der Waals surface area contributed by atoms with Gasteiger partial charge in [0.15, 0.2) is 0 Å². The number of halogens is 1. The smallest absolute Gasteiger partial charge is 0.209 e. The molecule has 0 radical (unpaired) electrons. The molecule has 0 saturated heterocycles. The molecule has 2 aromatic carbocycles. The van der Waals surface area contributed by atoms with E-state index >= 15 is 0 Å². The summed E-state index contributed by atoms with van der Waals surface area (Å²) in [6.07, 6.45) is 0.137. The minimum Gasteiger partial charge on any atom is -0.218 e. The topological polar surface area (TPSA) is 34.1 Å². The van der Waals surface area contributed by atoms with Crippen molar-refractivity contribution in [2.45, 2.75) is 4.90 Å². The van der Waals surface area contributed by atoms with E-state index in [0.29, 0.717) is 5.56 Å². The van der Waals surface area contributed by atoms with Crippen molar-refractivity contribution in [2.75, 3.05) is 0 Å². The Balaban J connectivity index is 2.54. The lowest BCUT2D eigenvalue weighted by Gasteiger charge is -2.07. The van der Waals surface area contributed by atoms with Crippen molar-refractivity contribution in [1.29, 1.82) is 0 Å². The van der Waals surface area contributed by atoms with Crippen LogP contribution in [-0.2, 0) is 9.84 Å². The minimum absolute atomic E-state index is 0.0813. The van der Waals surface area contributed by atoms with Gasteiger partial charge in [0.1, 0.15) is 11.2 Å². The SMILES string of the molecule is O=S(=O)(C(=CF)c1ccccc1)c1ccccc1. The van der Waals surface area contributed by atoms with Crippen LogP contribution in [0.2, 0.25) is 0 Å². The Morgan fingerprint density at radius 1 is 0.889 bits per heavy atom. The molecule has 2 rings (SSSR count). The quantitative estimate of drug-likeness (QED) is 0.849. The van der Waals surface area contributed by atoms with Crippen LogP contribution < -0.4 is 0 Å². The molecule has 0 aliphatic rings. The van der Waals surface area contributed by atoms with Crippen LogP contribution in [0.25, 0.3) is 4.91 Å². The molecule has 0 amide bonds. The van der Waals surface area contributed by atoms with Crippen LogP contribution >= 0.6 is 0 Å². The molecule has 0 fully saturated rings. The first-order valence-electron chi connectivity index (χ1n) is 5.32. The number of rotatable bonds is 3. The van der Waals surface area contributed by atoms with Crippen molar-refractivity contribution in [3.8, 4) is 0 Å². The largest absolute Gasteiger partial charge is 0.218 e. The second kappa shape index (κ2) is 5.14. The van der Waals surface area contributed by atoms with Crippen LogP contribution in [0.1, 0.15) is 5.56 Å². The first-order chi connectivity index (χ1) is 8.66. The Hall–Kier alpha value is -1.94. The van der Waals surface area contributed by atoms with E-state index in [9.17, 15) is 12.8 Å². The second-order valence-corrected chi connectivity index (χ2v) is 5.57. The lowest BCUT2D eigenvalue weighted by Crippen LogP contribution is -2.03. The van der Waals surface area contributed by atoms with Crippen LogP contribution in [0.15, 0.2) is 71.9 Å². The van der Waals surface area contributed by atoms with Gasteiger partial charge in [0.05, 0.1) is 4.90 Å². The third kappa shape index (κ3) is 2.33. The van der Waals surface area contributed by atoms with Gasteiger partial charge in [0.25, 0.3) is 0 Å². The summed E-state index contributed by atoms with van der Waals surface area (Å²) in [6, 6.07) is 16.0. The lowest BCUT2D eigenvalue weighted by atomic mass is 10.2. The molecule has 2 nitrogen and oxygen atoms in total. The highest BCUT2D eigenvalue weighted by Gasteiger charge is 2.22. The summed E-state index contributed by atoms with van der Waals surface area (Å²) < 4.78 is 37.5. The monoisotopic (exact) mass is 262 g/mol. The maximum absolute atomic E-state index is 13.0. The maximum Gasteiger partial charge on any atom is 0.209 e. The molecule has 2 aromatic rings. The van der Waals surface area contributed by atoms with Crippen molar-refractivity contribution in [3.63, 3.8) is 0 Å². The minimum atomic E-state index is -3.82. The standard InChI is InChI=1S/C14H11FO2S/c15-11-14(12-7-3-1-4-8-12)18(16,17)13-9-5-2-6-10-13/h1-11H. The van der Waals surface area contributed by atoms with E-state index in [1.807, 2.05) is 0 Å². The molecule has 0 spiro atoms. The van der Waals surface area contributed by atoms with Crippen molar-refractivity contribution in [1.82, 2.24) is 0 Å². The maximum atomic E-state index is 13.0. The number of benzene rings is 2. The zero-order valence-corrected chi connectivity index (χ0v) is 10.3. The summed E-state index contributed by atoms with van der Waals surface area (Å²) in [5, 5.41) is 0. The Labute approximate surface area is 105 Å². The summed E-state index contributed by atoms with van der Waals surface area (Å²) >= 11 is 0. The van der Waals surface area contributed by atoms with E-state index in [2.05, 4.69) is 0 Å². The van der Waals surface area contributed by atoms with Gasteiger partial charge in [-0.25, -0.2) is 12.8 Å². The fraction of sp³-hybridized carbons (Fsp3) is 0. The summed E-state index contributed by atoms with van der Waals surface area (Å²) in [5.41, 5.74) is 0.337. The summed E-state index contributed by atoms with van der Waals surface area (Å²) in [4.78, 5) is -0.243. The molecular formula is C14H11FO2S. The first-order valence-corrected chi connectivity index (χ1v) is 6.80. The van der Waals surface area contributed by atoms with Crippen LogP contribution in [0, 0.1) is 0 Å². The zero-order chi connectivity index (χ0) is 13.0. The first kappa shape index (κ1) is 12.5. The lowest BCUT2D eigenvalue weighted by molar-refractivity contribution is 0.605. The summed E-state index contributed by atoms with van der Waals surface area (Å²) in [7, 11) is -3.82. The Kier molecular flexibility index (Phi) is 3.58. The molecule has 4 heteroatoms. The van der Waals surface area contributed by atoms with E-state index in [0.717, 1.165) is 0 Å². The van der Waals surface area contributed by atoms with Gasteiger partial charge in [0.2, 0.25) is 9.84 Å². The molecule has 0 atom stereocenters. The van der Waals surface area contributed by atoms with Gasteiger partial charge < -0.3 is 0 Å². The van der Waals surface area contributed by atoms with E-state index < -0.39 is 9.84 Å². The molecular weight excluding hydrogens is 251 g/mol. The van der Waals surface area contributed by atoms with Crippen molar-refractivity contribution in [2.24, 2.45) is 0 Å². The molecule has 0 aliphatic heterocycles. The highest BCUT2D eigenvalue weighted by molar-refractivity contribution is 8.00. The van der Waals surface area contributed by atoms with Crippen LogP contribution in [-0.4, -0.2) is 8.42 Å². The van der Waals surface area contributed by atoms with Gasteiger partial charge >= 0.3 is 0 Å². The molecule has 0 bridgehead atoms. The fourth-order valence-electron chi connectivity index (χ4n) is 1.61. The van der Waals surface area contributed by atoms with Crippen molar-refractivity contribution in [3.05, 3.63) is 72.6 Å². The van der Waals surface area contributed by atoms with E-state index in [1.165, 1.54) is 12.1 Å². The predicted octanol–water partition coefficient (Wildman–Crippen LogP) is 3.43. The predicted molar refractivity (Wildman–Crippen MR) is 69.2 cm³/mol. The van der Waals surface area contributed by atoms with E-state index in [-0.39, 0.29) is 16.1 Å². The van der Waals surface area contributed by atoms with Gasteiger partial charge in [-0.2, -0.15) is 0 Å². The van der Waals surface area contributed by atoms with Gasteiger partial charge in [-0.3, -0.25) is 0 Å². The van der Waals surface area contributed by atoms with Crippen molar-refractivity contribution < 1.29 is 12.8 Å². The molecule has 0 saturated carbocycles. The third-order valence-corrected chi connectivity index (χ3v) is 4.30. The Bertz CT molecular complexity index is 647. The molecule has 0 unspecified atom stereocenters. The van der Waals surface area contributed by atoms with Crippen LogP contribution in [0.4, 0.5) is 4.39 Å². The van der Waals surface area contributed by atoms with Crippen LogP contribution in [0.5, 0.6) is 0 Å². The van der Waals surface area contributed by atoms with Crippen LogP contribution in [0.3, 0.4) is 0 Å². The fourth-order valence-corrected chi connectivity index (χ4v) is 2.94. The highest BCUT2D eigenvalue weighted by atomic mass is 32.2. The zero-order valence-electron chi connectivity index (χ0n) is 9.45. The summed E-state index contributed by atoms with van der Waals surface area (Å²) in [5.74, 6) is 0. The molecule has 0 aromatic heterocycles. The number of hydrogen-bond donors (Lipinski definition) is 0. The normalized spacial score (nSPS) is 12.4. The highest BCUT2D eigenvalue weighted by Crippen LogP contribution is 2.27. The van der Waals surface area contributed by atoms with Crippen molar-refractivity contribution >= 4 is 14.7 Å². The average Bonchev–Trinajstić information content (AvgIpc) is 2.41. The molecule has 0 heterocycles. The molecule has 92 valence electrons. The van der Waals surface area contributed by atoms with E-state index in [4.69, 9.17) is 0 Å². The molecule has 18 heavy (non-hydrogen) atoms. The van der Waals surface area contributed by atoms with Gasteiger partial charge in [-0.1, -0.05) is 48.5 Å². The van der Waals surface area contributed by atoms with Gasteiger partial charge in [-0.15, -0.1) is 0 Å². The number of sulfone groups is 1. The average molecular weight is 262 g/mol. The molecule has 0 aliphatic carbocycles. The van der Waals surface area contributed by atoms with Gasteiger partial charge in [0, 0.05) is 0 Å². The second-order valence-electron chi connectivity index (χ2n) is 3.66. The summed E-state index contributed by atoms with van der Waals surface area (Å²) in [6.45, 7) is 0. The Morgan fingerprint density at radius 3 is 1.89 bits per heavy atom.